The molecule has 2 heterocycles. The maximum atomic E-state index is 12.8. The van der Waals surface area contributed by atoms with Gasteiger partial charge in [-0.05, 0) is 31.0 Å². The molecular formula is C16H22FN5. The molecule has 0 aliphatic rings. The second kappa shape index (κ2) is 7.79. The van der Waals surface area contributed by atoms with E-state index in [9.17, 15) is 4.39 Å². The molecule has 1 unspecified atom stereocenters. The Bertz CT molecular complexity index is 568. The summed E-state index contributed by atoms with van der Waals surface area (Å²) in [7, 11) is 0. The number of rotatable bonds is 7. The maximum Gasteiger partial charge on any atom is 0.141 e. The van der Waals surface area contributed by atoms with Gasteiger partial charge in [-0.2, -0.15) is 0 Å². The van der Waals surface area contributed by atoms with Crippen molar-refractivity contribution in [2.75, 3.05) is 5.32 Å². The summed E-state index contributed by atoms with van der Waals surface area (Å²) >= 11 is 0. The normalized spacial score (nSPS) is 12.4. The first-order valence-corrected chi connectivity index (χ1v) is 7.44. The largest absolute Gasteiger partial charge is 0.367 e. The number of halogens is 1. The fourth-order valence-corrected chi connectivity index (χ4v) is 1.99. The van der Waals surface area contributed by atoms with Crippen LogP contribution in [-0.4, -0.2) is 27.0 Å². The second-order valence-electron chi connectivity index (χ2n) is 5.65. The topological polar surface area (TPSA) is 62.7 Å². The molecule has 118 valence electrons. The Hall–Kier alpha value is -2.08. The van der Waals surface area contributed by atoms with E-state index in [1.165, 1.54) is 12.3 Å². The van der Waals surface area contributed by atoms with Gasteiger partial charge in [-0.15, -0.1) is 0 Å². The van der Waals surface area contributed by atoms with Crippen molar-refractivity contribution >= 4 is 5.82 Å². The number of hydrogen-bond donors (Lipinski definition) is 2. The summed E-state index contributed by atoms with van der Waals surface area (Å²) in [4.78, 5) is 12.7. The molecule has 0 bridgehead atoms. The highest BCUT2D eigenvalue weighted by atomic mass is 19.1. The minimum absolute atomic E-state index is 0.154. The van der Waals surface area contributed by atoms with Crippen molar-refractivity contribution in [3.05, 3.63) is 47.9 Å². The third-order valence-electron chi connectivity index (χ3n) is 3.09. The molecule has 0 fully saturated rings. The highest BCUT2D eigenvalue weighted by Gasteiger charge is 2.06. The lowest BCUT2D eigenvalue weighted by atomic mass is 10.1. The van der Waals surface area contributed by atoms with Crippen LogP contribution in [0.2, 0.25) is 0 Å². The van der Waals surface area contributed by atoms with Gasteiger partial charge in [0.2, 0.25) is 0 Å². The van der Waals surface area contributed by atoms with Crippen LogP contribution < -0.4 is 10.6 Å². The van der Waals surface area contributed by atoms with Gasteiger partial charge in [0.05, 0.1) is 12.7 Å². The third-order valence-corrected chi connectivity index (χ3v) is 3.09. The Morgan fingerprint density at radius 3 is 2.36 bits per heavy atom. The Labute approximate surface area is 130 Å². The average molecular weight is 303 g/mol. The predicted molar refractivity (Wildman–Crippen MR) is 85.0 cm³/mol. The van der Waals surface area contributed by atoms with Gasteiger partial charge in [0.15, 0.2) is 0 Å². The van der Waals surface area contributed by atoms with E-state index in [0.29, 0.717) is 18.4 Å². The molecule has 0 radical (unpaired) electrons. The molecule has 0 aromatic carbocycles. The maximum absolute atomic E-state index is 12.8. The minimum atomic E-state index is -0.336. The first-order valence-electron chi connectivity index (χ1n) is 7.44. The Kier molecular flexibility index (Phi) is 5.77. The Balaban J connectivity index is 1.85. The van der Waals surface area contributed by atoms with E-state index in [1.807, 2.05) is 19.3 Å². The number of anilines is 1. The van der Waals surface area contributed by atoms with E-state index in [0.717, 1.165) is 17.8 Å². The summed E-state index contributed by atoms with van der Waals surface area (Å²) in [5, 5.41) is 6.51. The van der Waals surface area contributed by atoms with Gasteiger partial charge in [-0.3, -0.25) is 0 Å². The first kappa shape index (κ1) is 16.3. The molecule has 0 aliphatic carbocycles. The van der Waals surface area contributed by atoms with E-state index in [-0.39, 0.29) is 11.9 Å². The van der Waals surface area contributed by atoms with Gasteiger partial charge in [0, 0.05) is 24.5 Å². The zero-order chi connectivity index (χ0) is 15.9. The monoisotopic (exact) mass is 303 g/mol. The van der Waals surface area contributed by atoms with Crippen molar-refractivity contribution in [1.29, 1.82) is 0 Å². The Morgan fingerprint density at radius 2 is 1.77 bits per heavy atom. The van der Waals surface area contributed by atoms with Crippen molar-refractivity contribution in [3.63, 3.8) is 0 Å². The van der Waals surface area contributed by atoms with Crippen LogP contribution >= 0.6 is 0 Å². The molecular weight excluding hydrogens is 281 g/mol. The molecule has 0 saturated heterocycles. The molecule has 0 amide bonds. The molecule has 0 saturated carbocycles. The zero-order valence-electron chi connectivity index (χ0n) is 13.2. The smallest absolute Gasteiger partial charge is 0.141 e. The molecule has 0 aliphatic heterocycles. The lowest BCUT2D eigenvalue weighted by Gasteiger charge is -2.14. The van der Waals surface area contributed by atoms with Crippen LogP contribution in [0.25, 0.3) is 0 Å². The standard InChI is InChI=1S/C16H22FN5/c1-11(2)18-10-16-19-7-13(8-20-16)6-12(3)22-15-5-4-14(17)9-21-15/h4-5,7-9,11-12,18H,6,10H2,1-3H3,(H,21,22). The number of nitrogens with zero attached hydrogens (tertiary/aromatic N) is 3. The van der Waals surface area contributed by atoms with E-state index in [2.05, 4.69) is 39.4 Å². The molecule has 2 aromatic rings. The van der Waals surface area contributed by atoms with Gasteiger partial charge in [0.1, 0.15) is 17.5 Å². The average Bonchev–Trinajstić information content (AvgIpc) is 2.49. The lowest BCUT2D eigenvalue weighted by molar-refractivity contribution is 0.571. The van der Waals surface area contributed by atoms with Crippen molar-refractivity contribution in [3.8, 4) is 0 Å². The van der Waals surface area contributed by atoms with Crippen LogP contribution in [0, 0.1) is 5.82 Å². The van der Waals surface area contributed by atoms with Crippen LogP contribution in [0.4, 0.5) is 10.2 Å². The fraction of sp³-hybridized carbons (Fsp3) is 0.438. The van der Waals surface area contributed by atoms with Crippen LogP contribution in [0.3, 0.4) is 0 Å². The molecule has 0 spiro atoms. The second-order valence-corrected chi connectivity index (χ2v) is 5.65. The first-order chi connectivity index (χ1) is 10.5. The Morgan fingerprint density at radius 1 is 1.05 bits per heavy atom. The van der Waals surface area contributed by atoms with Crippen LogP contribution in [0.15, 0.2) is 30.7 Å². The third kappa shape index (κ3) is 5.37. The van der Waals surface area contributed by atoms with Crippen LogP contribution in [-0.2, 0) is 13.0 Å². The van der Waals surface area contributed by atoms with Gasteiger partial charge in [0.25, 0.3) is 0 Å². The van der Waals surface area contributed by atoms with Crippen LogP contribution in [0.5, 0.6) is 0 Å². The number of hydrogen-bond acceptors (Lipinski definition) is 5. The van der Waals surface area contributed by atoms with Crippen LogP contribution in [0.1, 0.15) is 32.2 Å². The predicted octanol–water partition coefficient (Wildman–Crippen LogP) is 2.55. The summed E-state index contributed by atoms with van der Waals surface area (Å²) in [6.07, 6.45) is 5.67. The summed E-state index contributed by atoms with van der Waals surface area (Å²) in [6.45, 7) is 6.89. The van der Waals surface area contributed by atoms with Gasteiger partial charge < -0.3 is 10.6 Å². The van der Waals surface area contributed by atoms with Gasteiger partial charge in [-0.1, -0.05) is 13.8 Å². The summed E-state index contributed by atoms with van der Waals surface area (Å²) in [5.41, 5.74) is 1.05. The van der Waals surface area contributed by atoms with E-state index in [1.54, 1.807) is 6.07 Å². The highest BCUT2D eigenvalue weighted by molar-refractivity contribution is 5.35. The summed E-state index contributed by atoms with van der Waals surface area (Å²) in [6, 6.07) is 3.59. The van der Waals surface area contributed by atoms with Crippen molar-refractivity contribution in [2.45, 2.75) is 45.8 Å². The van der Waals surface area contributed by atoms with Crippen molar-refractivity contribution in [2.24, 2.45) is 0 Å². The molecule has 6 heteroatoms. The van der Waals surface area contributed by atoms with Gasteiger partial charge >= 0.3 is 0 Å². The molecule has 1 atom stereocenters. The van der Waals surface area contributed by atoms with E-state index >= 15 is 0 Å². The molecule has 5 nitrogen and oxygen atoms in total. The number of nitrogens with one attached hydrogen (secondary N) is 2. The number of aromatic nitrogens is 3. The zero-order valence-corrected chi connectivity index (χ0v) is 13.2. The van der Waals surface area contributed by atoms with E-state index in [4.69, 9.17) is 0 Å². The summed E-state index contributed by atoms with van der Waals surface area (Å²) in [5.74, 6) is 1.11. The van der Waals surface area contributed by atoms with Gasteiger partial charge in [-0.25, -0.2) is 19.3 Å². The highest BCUT2D eigenvalue weighted by Crippen LogP contribution is 2.08. The van der Waals surface area contributed by atoms with Crippen molar-refractivity contribution in [1.82, 2.24) is 20.3 Å². The molecule has 2 N–H and O–H groups in total. The quantitative estimate of drug-likeness (QED) is 0.823. The fourth-order valence-electron chi connectivity index (χ4n) is 1.99. The lowest BCUT2D eigenvalue weighted by Crippen LogP contribution is -2.23. The van der Waals surface area contributed by atoms with Crippen molar-refractivity contribution < 1.29 is 4.39 Å². The summed E-state index contributed by atoms with van der Waals surface area (Å²) < 4.78 is 12.8. The number of pyridine rings is 1. The minimum Gasteiger partial charge on any atom is -0.367 e. The van der Waals surface area contributed by atoms with E-state index < -0.39 is 0 Å². The SMILES string of the molecule is CC(C)NCc1ncc(CC(C)Nc2ccc(F)cn2)cn1. The molecule has 22 heavy (non-hydrogen) atoms. The molecule has 2 rings (SSSR count). The molecule has 2 aromatic heterocycles.